The van der Waals surface area contributed by atoms with Crippen molar-refractivity contribution >= 4 is 29.6 Å². The Kier molecular flexibility index (Phi) is 10.5. The summed E-state index contributed by atoms with van der Waals surface area (Å²) in [6.45, 7) is -0.880. The van der Waals surface area contributed by atoms with Crippen LogP contribution in [0.4, 0.5) is 0 Å². The van der Waals surface area contributed by atoms with Crippen molar-refractivity contribution in [2.45, 2.75) is 43.4 Å². The maximum atomic E-state index is 13.0. The van der Waals surface area contributed by atoms with Gasteiger partial charge in [-0.1, -0.05) is 12.1 Å². The lowest BCUT2D eigenvalue weighted by Crippen LogP contribution is -2.58. The summed E-state index contributed by atoms with van der Waals surface area (Å²) >= 11 is 0. The fourth-order valence-electron chi connectivity index (χ4n) is 3.22. The van der Waals surface area contributed by atoms with Gasteiger partial charge in [-0.15, -0.1) is 0 Å². The van der Waals surface area contributed by atoms with Gasteiger partial charge in [0.05, 0.1) is 25.4 Å². The Morgan fingerprint density at radius 3 is 2.05 bits per heavy atom. The largest absolute Gasteiger partial charge is 0.508 e. The first-order valence-corrected chi connectivity index (χ1v) is 11.0. The zero-order valence-corrected chi connectivity index (χ0v) is 19.6. The minimum Gasteiger partial charge on any atom is -0.508 e. The number of rotatable bonds is 14. The number of primary amides is 1. The molecular formula is C22H29N7O8. The number of H-pyrrole nitrogens is 1. The molecule has 37 heavy (non-hydrogen) atoms. The van der Waals surface area contributed by atoms with Crippen molar-refractivity contribution in [3.05, 3.63) is 48.0 Å². The second-order valence-corrected chi connectivity index (χ2v) is 8.13. The molecule has 0 fully saturated rings. The molecule has 200 valence electrons. The third-order valence-corrected chi connectivity index (χ3v) is 5.18. The van der Waals surface area contributed by atoms with Crippen LogP contribution in [-0.2, 0) is 36.8 Å². The van der Waals surface area contributed by atoms with Crippen molar-refractivity contribution in [2.75, 3.05) is 6.61 Å². The van der Waals surface area contributed by atoms with Crippen molar-refractivity contribution in [3.8, 4) is 5.75 Å². The van der Waals surface area contributed by atoms with Crippen molar-refractivity contribution in [1.29, 1.82) is 0 Å². The second kappa shape index (κ2) is 13.6. The lowest BCUT2D eigenvalue weighted by molar-refractivity contribution is -0.142. The number of phenols is 1. The molecule has 2 rings (SSSR count). The fourth-order valence-corrected chi connectivity index (χ4v) is 3.22. The Morgan fingerprint density at radius 1 is 0.919 bits per heavy atom. The van der Waals surface area contributed by atoms with E-state index in [1.165, 1.54) is 36.8 Å². The van der Waals surface area contributed by atoms with Crippen LogP contribution in [0.5, 0.6) is 5.75 Å². The molecule has 1 aromatic heterocycles. The highest BCUT2D eigenvalue weighted by Crippen LogP contribution is 2.12. The summed E-state index contributed by atoms with van der Waals surface area (Å²) in [5.41, 5.74) is 11.7. The molecule has 0 radical (unpaired) electrons. The molecular weight excluding hydrogens is 490 g/mol. The third kappa shape index (κ3) is 9.23. The summed E-state index contributed by atoms with van der Waals surface area (Å²) in [7, 11) is 0. The minimum atomic E-state index is -1.56. The number of hydrogen-bond donors (Lipinski definition) is 9. The number of aliphatic carboxylic acids is 1. The average Bonchev–Trinajstić information content (AvgIpc) is 3.35. The normalized spacial score (nSPS) is 14.0. The standard InChI is InChI=1S/C22H29N7O8/c23-14(7-18(24)32)19(33)27-15(5-11-1-3-13(31)4-2-11)20(34)29-17(9-30)21(35)28-16(22(36)37)6-12-8-25-10-26-12/h1-4,8,10,14-17,30-31H,5-7,9,23H2,(H2,24,32)(H,25,26)(H,27,33)(H,28,35)(H,29,34)(H,36,37). The number of aromatic nitrogens is 2. The topological polar surface area (TPSA) is 263 Å². The van der Waals surface area contributed by atoms with E-state index in [1.807, 2.05) is 0 Å². The Balaban J connectivity index is 2.14. The Bertz CT molecular complexity index is 1090. The number of nitrogens with one attached hydrogen (secondary N) is 4. The van der Waals surface area contributed by atoms with Crippen LogP contribution in [0.25, 0.3) is 0 Å². The number of aromatic hydroxyl groups is 1. The monoisotopic (exact) mass is 519 g/mol. The zero-order chi connectivity index (χ0) is 27.5. The van der Waals surface area contributed by atoms with Crippen LogP contribution in [0.15, 0.2) is 36.8 Å². The number of phenolic OH excluding ortho intramolecular Hbond substituents is 1. The van der Waals surface area contributed by atoms with E-state index in [9.17, 15) is 39.3 Å². The van der Waals surface area contributed by atoms with Gasteiger partial charge < -0.3 is 47.7 Å². The molecule has 0 spiro atoms. The number of carbonyl (C=O) groups is 5. The Hall–Kier alpha value is -4.50. The van der Waals surface area contributed by atoms with E-state index < -0.39 is 66.8 Å². The van der Waals surface area contributed by atoms with E-state index >= 15 is 0 Å². The molecule has 0 aliphatic carbocycles. The quantitative estimate of drug-likeness (QED) is 0.120. The minimum absolute atomic E-state index is 0.0302. The predicted octanol–water partition coefficient (Wildman–Crippen LogP) is -3.37. The number of benzene rings is 1. The number of aliphatic hydroxyl groups is 1. The smallest absolute Gasteiger partial charge is 0.326 e. The zero-order valence-electron chi connectivity index (χ0n) is 19.6. The van der Waals surface area contributed by atoms with Gasteiger partial charge in [0.1, 0.15) is 23.9 Å². The van der Waals surface area contributed by atoms with E-state index in [0.717, 1.165) is 0 Å². The molecule has 4 amide bonds. The molecule has 0 aliphatic rings. The summed E-state index contributed by atoms with van der Waals surface area (Å²) in [6.07, 6.45) is 1.99. The first kappa shape index (κ1) is 28.7. The van der Waals surface area contributed by atoms with Gasteiger partial charge in [0.25, 0.3) is 0 Å². The number of hydrogen-bond acceptors (Lipinski definition) is 9. The number of aliphatic hydroxyl groups excluding tert-OH is 1. The Labute approximate surface area is 210 Å². The highest BCUT2D eigenvalue weighted by molar-refractivity contribution is 5.95. The van der Waals surface area contributed by atoms with Crippen LogP contribution in [0.2, 0.25) is 0 Å². The maximum absolute atomic E-state index is 13.0. The number of carboxylic acids is 1. The second-order valence-electron chi connectivity index (χ2n) is 8.13. The van der Waals surface area contributed by atoms with Crippen LogP contribution in [0, 0.1) is 0 Å². The molecule has 1 aromatic carbocycles. The van der Waals surface area contributed by atoms with E-state index in [1.54, 1.807) is 0 Å². The first-order valence-electron chi connectivity index (χ1n) is 11.0. The van der Waals surface area contributed by atoms with Gasteiger partial charge in [-0.25, -0.2) is 9.78 Å². The molecule has 4 unspecified atom stereocenters. The van der Waals surface area contributed by atoms with Gasteiger partial charge >= 0.3 is 5.97 Å². The van der Waals surface area contributed by atoms with E-state index in [2.05, 4.69) is 25.9 Å². The number of carbonyl (C=O) groups excluding carboxylic acids is 4. The lowest BCUT2D eigenvalue weighted by Gasteiger charge is -2.24. The van der Waals surface area contributed by atoms with Crippen LogP contribution in [-0.4, -0.2) is 85.7 Å². The van der Waals surface area contributed by atoms with Crippen LogP contribution < -0.4 is 27.4 Å². The molecule has 0 saturated heterocycles. The van der Waals surface area contributed by atoms with E-state index in [0.29, 0.717) is 11.3 Å². The molecule has 0 bridgehead atoms. The summed E-state index contributed by atoms with van der Waals surface area (Å²) in [5.74, 6) is -4.97. The third-order valence-electron chi connectivity index (χ3n) is 5.18. The van der Waals surface area contributed by atoms with Crippen LogP contribution in [0.1, 0.15) is 17.7 Å². The SMILES string of the molecule is NC(=O)CC(N)C(=O)NC(Cc1ccc(O)cc1)C(=O)NC(CO)C(=O)NC(Cc1cnc[nH]1)C(=O)O. The maximum Gasteiger partial charge on any atom is 0.326 e. The molecule has 0 aliphatic heterocycles. The van der Waals surface area contributed by atoms with Gasteiger partial charge in [-0.2, -0.15) is 0 Å². The molecule has 11 N–H and O–H groups in total. The Morgan fingerprint density at radius 2 is 1.51 bits per heavy atom. The first-order chi connectivity index (χ1) is 17.5. The summed E-state index contributed by atoms with van der Waals surface area (Å²) in [4.78, 5) is 67.3. The van der Waals surface area contributed by atoms with Crippen LogP contribution >= 0.6 is 0 Å². The van der Waals surface area contributed by atoms with Crippen molar-refractivity contribution in [1.82, 2.24) is 25.9 Å². The number of amides is 4. The highest BCUT2D eigenvalue weighted by atomic mass is 16.4. The summed E-state index contributed by atoms with van der Waals surface area (Å²) in [5, 5.41) is 35.5. The average molecular weight is 520 g/mol. The summed E-state index contributed by atoms with van der Waals surface area (Å²) in [6, 6.07) is 0.0957. The van der Waals surface area contributed by atoms with Crippen molar-refractivity contribution < 1.29 is 39.3 Å². The van der Waals surface area contributed by atoms with Crippen LogP contribution in [0.3, 0.4) is 0 Å². The number of carboxylic acid groups (broad SMARTS) is 1. The molecule has 15 nitrogen and oxygen atoms in total. The molecule has 4 atom stereocenters. The number of nitrogens with zero attached hydrogens (tertiary/aromatic N) is 1. The number of aromatic amines is 1. The van der Waals surface area contributed by atoms with E-state index in [4.69, 9.17) is 11.5 Å². The van der Waals surface area contributed by atoms with Gasteiger partial charge in [-0.05, 0) is 17.7 Å². The van der Waals surface area contributed by atoms with E-state index in [-0.39, 0.29) is 18.6 Å². The lowest BCUT2D eigenvalue weighted by atomic mass is 10.0. The van der Waals surface area contributed by atoms with Gasteiger partial charge in [-0.3, -0.25) is 19.2 Å². The highest BCUT2D eigenvalue weighted by Gasteiger charge is 2.30. The van der Waals surface area contributed by atoms with Gasteiger partial charge in [0.2, 0.25) is 23.6 Å². The number of imidazole rings is 1. The predicted molar refractivity (Wildman–Crippen MR) is 126 cm³/mol. The number of nitrogens with two attached hydrogens (primary N) is 2. The molecule has 0 saturated carbocycles. The summed E-state index contributed by atoms with van der Waals surface area (Å²) < 4.78 is 0. The molecule has 2 aromatic rings. The molecule has 15 heteroatoms. The van der Waals surface area contributed by atoms with Crippen molar-refractivity contribution in [2.24, 2.45) is 11.5 Å². The van der Waals surface area contributed by atoms with Crippen molar-refractivity contribution in [3.63, 3.8) is 0 Å². The fraction of sp³-hybridized carbons (Fsp3) is 0.364. The van der Waals surface area contributed by atoms with Gasteiger partial charge in [0.15, 0.2) is 0 Å². The molecule has 1 heterocycles. The van der Waals surface area contributed by atoms with Gasteiger partial charge in [0, 0.05) is 24.7 Å².